The van der Waals surface area contributed by atoms with Gasteiger partial charge in [0.25, 0.3) is 0 Å². The highest BCUT2D eigenvalue weighted by atomic mass is 16.3. The van der Waals surface area contributed by atoms with Crippen LogP contribution in [-0.2, 0) is 4.79 Å². The summed E-state index contributed by atoms with van der Waals surface area (Å²) < 4.78 is 0. The van der Waals surface area contributed by atoms with Crippen LogP contribution in [0.1, 0.15) is 76.2 Å². The maximum Gasteiger partial charge on any atom is 0.156 e. The van der Waals surface area contributed by atoms with Gasteiger partial charge in [0.05, 0.1) is 6.10 Å². The Morgan fingerprint density at radius 1 is 1.03 bits per heavy atom. The van der Waals surface area contributed by atoms with Crippen LogP contribution in [0, 0.1) is 23.2 Å². The fraction of sp³-hybridized carbons (Fsp3) is 0.621. The number of nitrogens with zero attached hydrogens (tertiary/aromatic N) is 1. The SMILES string of the molecule is CN(CC1CC1)c1ccc(C2CC3(C)C(O)CCC3C3CCC4=CC(=O)CCC4=C23)cc1. The third-order valence-electron chi connectivity index (χ3n) is 9.65. The van der Waals surface area contributed by atoms with Crippen molar-refractivity contribution >= 4 is 11.5 Å². The monoisotopic (exact) mass is 431 g/mol. The summed E-state index contributed by atoms with van der Waals surface area (Å²) in [6.07, 6.45) is 11.4. The Balaban J connectivity index is 1.40. The largest absolute Gasteiger partial charge is 0.393 e. The second kappa shape index (κ2) is 7.58. The number of carbonyl (C=O) groups is 1. The first-order chi connectivity index (χ1) is 15.4. The van der Waals surface area contributed by atoms with E-state index in [9.17, 15) is 9.90 Å². The molecule has 1 aromatic carbocycles. The summed E-state index contributed by atoms with van der Waals surface area (Å²) in [4.78, 5) is 14.6. The lowest BCUT2D eigenvalue weighted by molar-refractivity contribution is -0.114. The second-order valence-electron chi connectivity index (χ2n) is 11.6. The molecule has 0 aromatic heterocycles. The van der Waals surface area contributed by atoms with Gasteiger partial charge in [-0.3, -0.25) is 4.79 Å². The summed E-state index contributed by atoms with van der Waals surface area (Å²) in [6, 6.07) is 9.32. The maximum absolute atomic E-state index is 12.2. The minimum Gasteiger partial charge on any atom is -0.393 e. The molecule has 0 amide bonds. The summed E-state index contributed by atoms with van der Waals surface area (Å²) in [7, 11) is 2.21. The fourth-order valence-corrected chi connectivity index (χ4v) is 7.69. The van der Waals surface area contributed by atoms with Crippen molar-refractivity contribution in [1.29, 1.82) is 0 Å². The molecule has 3 heteroatoms. The highest BCUT2D eigenvalue weighted by molar-refractivity contribution is 5.93. The summed E-state index contributed by atoms with van der Waals surface area (Å²) in [5.41, 5.74) is 7.17. The first-order valence-corrected chi connectivity index (χ1v) is 12.9. The summed E-state index contributed by atoms with van der Waals surface area (Å²) >= 11 is 0. The molecule has 0 bridgehead atoms. The Hall–Kier alpha value is -1.87. The van der Waals surface area contributed by atoms with Crippen molar-refractivity contribution in [2.24, 2.45) is 23.2 Å². The number of aliphatic hydroxyl groups is 1. The van der Waals surface area contributed by atoms with Crippen LogP contribution in [0.4, 0.5) is 5.69 Å². The molecule has 0 saturated heterocycles. The number of ketones is 1. The van der Waals surface area contributed by atoms with Crippen LogP contribution in [0.2, 0.25) is 0 Å². The van der Waals surface area contributed by atoms with Gasteiger partial charge >= 0.3 is 0 Å². The van der Waals surface area contributed by atoms with Crippen LogP contribution >= 0.6 is 0 Å². The minimum absolute atomic E-state index is 0.00648. The topological polar surface area (TPSA) is 40.5 Å². The third kappa shape index (κ3) is 3.31. The molecule has 5 aliphatic rings. The van der Waals surface area contributed by atoms with Crippen molar-refractivity contribution in [2.75, 3.05) is 18.5 Å². The average molecular weight is 432 g/mol. The highest BCUT2D eigenvalue weighted by Crippen LogP contribution is 2.63. The van der Waals surface area contributed by atoms with Crippen molar-refractivity contribution in [3.63, 3.8) is 0 Å². The molecule has 3 saturated carbocycles. The lowest BCUT2D eigenvalue weighted by Gasteiger charge is -2.52. The molecule has 3 fully saturated rings. The van der Waals surface area contributed by atoms with E-state index in [1.807, 2.05) is 6.08 Å². The first-order valence-electron chi connectivity index (χ1n) is 12.9. The van der Waals surface area contributed by atoms with Crippen molar-refractivity contribution in [2.45, 2.75) is 76.7 Å². The van der Waals surface area contributed by atoms with E-state index < -0.39 is 0 Å². The second-order valence-corrected chi connectivity index (χ2v) is 11.6. The molecule has 0 aliphatic heterocycles. The van der Waals surface area contributed by atoms with Crippen LogP contribution in [0.25, 0.3) is 0 Å². The Labute approximate surface area is 192 Å². The molecule has 5 unspecified atom stereocenters. The molecule has 1 aromatic rings. The Bertz CT molecular complexity index is 985. The molecule has 3 nitrogen and oxygen atoms in total. The van der Waals surface area contributed by atoms with E-state index in [2.05, 4.69) is 43.1 Å². The van der Waals surface area contributed by atoms with Crippen LogP contribution in [0.5, 0.6) is 0 Å². The molecular formula is C29H37NO2. The molecule has 0 spiro atoms. The van der Waals surface area contributed by atoms with Crippen molar-refractivity contribution < 1.29 is 9.90 Å². The molecule has 1 N–H and O–H groups in total. The van der Waals surface area contributed by atoms with Gasteiger partial charge in [-0.05, 0) is 109 Å². The lowest BCUT2D eigenvalue weighted by Crippen LogP contribution is -2.45. The summed E-state index contributed by atoms with van der Waals surface area (Å²) in [6.45, 7) is 3.52. The molecule has 6 rings (SSSR count). The van der Waals surface area contributed by atoms with Gasteiger partial charge in [0, 0.05) is 31.6 Å². The zero-order valence-electron chi connectivity index (χ0n) is 19.6. The summed E-state index contributed by atoms with van der Waals surface area (Å²) in [5.74, 6) is 2.70. The number of carbonyl (C=O) groups excluding carboxylic acids is 1. The van der Waals surface area contributed by atoms with E-state index >= 15 is 0 Å². The number of allylic oxidation sites excluding steroid dienone is 4. The smallest absolute Gasteiger partial charge is 0.156 e. The number of aliphatic hydroxyl groups excluding tert-OH is 1. The maximum atomic E-state index is 12.2. The Morgan fingerprint density at radius 2 is 1.81 bits per heavy atom. The molecule has 32 heavy (non-hydrogen) atoms. The van der Waals surface area contributed by atoms with E-state index in [1.54, 1.807) is 5.57 Å². The number of anilines is 1. The van der Waals surface area contributed by atoms with E-state index in [0.717, 1.165) is 51.0 Å². The number of rotatable bonds is 4. The lowest BCUT2D eigenvalue weighted by atomic mass is 9.53. The van der Waals surface area contributed by atoms with Gasteiger partial charge in [-0.2, -0.15) is 0 Å². The van der Waals surface area contributed by atoms with E-state index in [4.69, 9.17) is 0 Å². The predicted molar refractivity (Wildman–Crippen MR) is 129 cm³/mol. The van der Waals surface area contributed by atoms with Gasteiger partial charge in [-0.1, -0.05) is 24.6 Å². The van der Waals surface area contributed by atoms with Crippen molar-refractivity contribution in [1.82, 2.24) is 0 Å². The zero-order valence-corrected chi connectivity index (χ0v) is 19.6. The first kappa shape index (κ1) is 20.7. The van der Waals surface area contributed by atoms with Gasteiger partial charge in [0.2, 0.25) is 0 Å². The van der Waals surface area contributed by atoms with Gasteiger partial charge in [-0.25, -0.2) is 0 Å². The fourth-order valence-electron chi connectivity index (χ4n) is 7.69. The van der Waals surface area contributed by atoms with Gasteiger partial charge in [0.15, 0.2) is 5.78 Å². The summed E-state index contributed by atoms with van der Waals surface area (Å²) in [5, 5.41) is 11.0. The number of hydrogen-bond donors (Lipinski definition) is 1. The number of fused-ring (bicyclic) bond motifs is 4. The van der Waals surface area contributed by atoms with Crippen molar-refractivity contribution in [3.8, 4) is 0 Å². The molecule has 5 atom stereocenters. The highest BCUT2D eigenvalue weighted by Gasteiger charge is 2.56. The van der Waals surface area contributed by atoms with Crippen LogP contribution in [-0.4, -0.2) is 30.6 Å². The van der Waals surface area contributed by atoms with Gasteiger partial charge in [-0.15, -0.1) is 0 Å². The molecule has 0 heterocycles. The van der Waals surface area contributed by atoms with Crippen LogP contribution in [0.15, 0.2) is 47.1 Å². The number of benzene rings is 1. The van der Waals surface area contributed by atoms with Crippen LogP contribution < -0.4 is 4.90 Å². The van der Waals surface area contributed by atoms with Gasteiger partial charge < -0.3 is 10.0 Å². The molecule has 0 radical (unpaired) electrons. The van der Waals surface area contributed by atoms with E-state index in [-0.39, 0.29) is 11.5 Å². The quantitative estimate of drug-likeness (QED) is 0.656. The molecular weight excluding hydrogens is 394 g/mol. The minimum atomic E-state index is -0.185. The zero-order chi connectivity index (χ0) is 22.0. The Morgan fingerprint density at radius 3 is 2.56 bits per heavy atom. The standard InChI is InChI=1S/C29H37NO2/c1-29-16-25(19-5-8-21(9-6-19)30(2)17-18-3-4-18)28-23-12-10-22(31)15-20(23)7-11-24(28)26(29)13-14-27(29)32/h5-6,8-9,15,18,24-27,32H,3-4,7,10-14,16-17H2,1-2H3. The number of hydrogen-bond acceptors (Lipinski definition) is 3. The normalized spacial score (nSPS) is 36.3. The third-order valence-corrected chi connectivity index (χ3v) is 9.65. The van der Waals surface area contributed by atoms with E-state index in [0.29, 0.717) is 30.0 Å². The molecule has 5 aliphatic carbocycles. The predicted octanol–water partition coefficient (Wildman–Crippen LogP) is 5.79. The van der Waals surface area contributed by atoms with Gasteiger partial charge in [0.1, 0.15) is 0 Å². The average Bonchev–Trinajstić information content (AvgIpc) is 3.55. The Kier molecular flexibility index (Phi) is 4.91. The molecule has 170 valence electrons. The van der Waals surface area contributed by atoms with Crippen LogP contribution in [0.3, 0.4) is 0 Å². The van der Waals surface area contributed by atoms with E-state index in [1.165, 1.54) is 35.2 Å². The van der Waals surface area contributed by atoms with Crippen molar-refractivity contribution in [3.05, 3.63) is 52.6 Å².